The number of hydrogen-bond acceptors (Lipinski definition) is 9. The summed E-state index contributed by atoms with van der Waals surface area (Å²) < 4.78 is 0. The molecule has 0 radical (unpaired) electrons. The quantitative estimate of drug-likeness (QED) is 0.292. The van der Waals surface area contributed by atoms with Crippen molar-refractivity contribution in [2.24, 2.45) is 11.0 Å². The summed E-state index contributed by atoms with van der Waals surface area (Å²) in [6, 6.07) is 12.3. The zero-order valence-corrected chi connectivity index (χ0v) is 19.5. The van der Waals surface area contributed by atoms with E-state index in [0.717, 1.165) is 37.2 Å². The van der Waals surface area contributed by atoms with Gasteiger partial charge in [0.05, 0.1) is 11.1 Å². The Kier molecular flexibility index (Phi) is 6.95. The Labute approximate surface area is 198 Å². The summed E-state index contributed by atoms with van der Waals surface area (Å²) >= 11 is 0. The predicted molar refractivity (Wildman–Crippen MR) is 134 cm³/mol. The van der Waals surface area contributed by atoms with Crippen LogP contribution in [0.1, 0.15) is 36.5 Å². The lowest BCUT2D eigenvalue weighted by Crippen LogP contribution is -2.34. The van der Waals surface area contributed by atoms with Crippen LogP contribution < -0.4 is 15.6 Å². The lowest BCUT2D eigenvalue weighted by Gasteiger charge is -2.30. The van der Waals surface area contributed by atoms with Gasteiger partial charge in [0.2, 0.25) is 17.8 Å². The molecule has 2 N–H and O–H groups in total. The second kappa shape index (κ2) is 10.2. The van der Waals surface area contributed by atoms with Gasteiger partial charge in [-0.3, -0.25) is 10.1 Å². The molecule has 10 heteroatoms. The number of aryl methyl sites for hydroxylation is 1. The Morgan fingerprint density at radius 1 is 1.09 bits per heavy atom. The number of anilines is 4. The molecule has 176 valence electrons. The van der Waals surface area contributed by atoms with E-state index in [1.807, 2.05) is 19.1 Å². The fourth-order valence-electron chi connectivity index (χ4n) is 3.71. The van der Waals surface area contributed by atoms with Crippen molar-refractivity contribution in [2.45, 2.75) is 33.6 Å². The van der Waals surface area contributed by atoms with Crippen LogP contribution in [0.4, 0.5) is 29.2 Å². The van der Waals surface area contributed by atoms with Gasteiger partial charge in [0, 0.05) is 36.5 Å². The Morgan fingerprint density at radius 3 is 2.59 bits per heavy atom. The first-order valence-corrected chi connectivity index (χ1v) is 11.3. The summed E-state index contributed by atoms with van der Waals surface area (Å²) in [7, 11) is 0. The summed E-state index contributed by atoms with van der Waals surface area (Å²) in [6.45, 7) is 8.13. The number of aromatic nitrogens is 3. The van der Waals surface area contributed by atoms with Crippen LogP contribution in [0.15, 0.2) is 47.6 Å². The average Bonchev–Trinajstić information content (AvgIpc) is 2.82. The maximum absolute atomic E-state index is 11.0. The Hall–Kier alpha value is -4.08. The Bertz CT molecular complexity index is 1210. The maximum Gasteiger partial charge on any atom is 0.270 e. The number of nitro groups is 1. The van der Waals surface area contributed by atoms with Crippen molar-refractivity contribution in [1.29, 1.82) is 0 Å². The van der Waals surface area contributed by atoms with Gasteiger partial charge < -0.3 is 10.2 Å². The number of non-ortho nitro benzene ring substituents is 1. The van der Waals surface area contributed by atoms with Crippen LogP contribution in [0.3, 0.4) is 0 Å². The lowest BCUT2D eigenvalue weighted by molar-refractivity contribution is -0.384. The minimum Gasteiger partial charge on any atom is -0.341 e. The van der Waals surface area contributed by atoms with Crippen LogP contribution in [-0.4, -0.2) is 39.2 Å². The van der Waals surface area contributed by atoms with E-state index >= 15 is 0 Å². The van der Waals surface area contributed by atoms with Crippen molar-refractivity contribution in [3.05, 3.63) is 69.3 Å². The molecule has 1 aromatic heterocycles. The van der Waals surface area contributed by atoms with Crippen LogP contribution in [-0.2, 0) is 0 Å². The number of nitro benzene ring substituents is 1. The van der Waals surface area contributed by atoms with E-state index < -0.39 is 4.92 Å². The molecule has 2 heterocycles. The number of piperidine rings is 1. The topological polar surface area (TPSA) is 121 Å². The standard InChI is InChI=1S/C24H28N8O2/c1-16-10-12-31(13-11-16)24-28-22(26-21-9-4-6-17(2)18(21)3)27-23(29-24)30-25-15-19-7-5-8-20(14-19)32(33)34/h4-9,14-16H,10-13H2,1-3H3,(H2,26,27,28,29,30). The normalized spacial score (nSPS) is 14.4. The number of hydrazone groups is 1. The highest BCUT2D eigenvalue weighted by atomic mass is 16.6. The van der Waals surface area contributed by atoms with E-state index in [-0.39, 0.29) is 11.6 Å². The molecule has 0 spiro atoms. The van der Waals surface area contributed by atoms with Crippen LogP contribution in [0, 0.1) is 29.9 Å². The first-order chi connectivity index (χ1) is 16.4. The summed E-state index contributed by atoms with van der Waals surface area (Å²) in [5, 5.41) is 18.5. The molecule has 1 saturated heterocycles. The first-order valence-electron chi connectivity index (χ1n) is 11.3. The molecule has 34 heavy (non-hydrogen) atoms. The second-order valence-electron chi connectivity index (χ2n) is 8.55. The third kappa shape index (κ3) is 5.64. The Balaban J connectivity index is 1.59. The highest BCUT2D eigenvalue weighted by Crippen LogP contribution is 2.25. The monoisotopic (exact) mass is 460 g/mol. The Morgan fingerprint density at radius 2 is 1.82 bits per heavy atom. The molecule has 3 aromatic rings. The molecule has 1 aliphatic rings. The second-order valence-corrected chi connectivity index (χ2v) is 8.55. The highest BCUT2D eigenvalue weighted by Gasteiger charge is 2.20. The van der Waals surface area contributed by atoms with E-state index in [9.17, 15) is 10.1 Å². The van der Waals surface area contributed by atoms with Gasteiger partial charge in [-0.25, -0.2) is 5.43 Å². The summed E-state index contributed by atoms with van der Waals surface area (Å²) in [5.74, 6) is 1.98. The zero-order valence-electron chi connectivity index (χ0n) is 19.5. The predicted octanol–water partition coefficient (Wildman–Crippen LogP) is 4.82. The number of benzene rings is 2. The van der Waals surface area contributed by atoms with Crippen LogP contribution in [0.25, 0.3) is 0 Å². The lowest BCUT2D eigenvalue weighted by atomic mass is 10.00. The minimum absolute atomic E-state index is 0.00531. The van der Waals surface area contributed by atoms with Crippen molar-refractivity contribution in [2.75, 3.05) is 28.7 Å². The van der Waals surface area contributed by atoms with Gasteiger partial charge in [0.1, 0.15) is 0 Å². The number of hydrogen-bond donors (Lipinski definition) is 2. The third-order valence-corrected chi connectivity index (χ3v) is 6.00. The number of nitrogens with one attached hydrogen (secondary N) is 2. The van der Waals surface area contributed by atoms with E-state index in [1.54, 1.807) is 12.1 Å². The van der Waals surface area contributed by atoms with Crippen LogP contribution >= 0.6 is 0 Å². The van der Waals surface area contributed by atoms with Gasteiger partial charge in [-0.15, -0.1) is 0 Å². The van der Waals surface area contributed by atoms with E-state index in [2.05, 4.69) is 55.6 Å². The molecule has 1 aliphatic heterocycles. The van der Waals surface area contributed by atoms with E-state index in [0.29, 0.717) is 23.4 Å². The molecule has 0 unspecified atom stereocenters. The average molecular weight is 461 g/mol. The smallest absolute Gasteiger partial charge is 0.270 e. The minimum atomic E-state index is -0.437. The van der Waals surface area contributed by atoms with Crippen molar-refractivity contribution in [1.82, 2.24) is 15.0 Å². The highest BCUT2D eigenvalue weighted by molar-refractivity contribution is 5.81. The van der Waals surface area contributed by atoms with E-state index in [1.165, 1.54) is 23.9 Å². The zero-order chi connectivity index (χ0) is 24.1. The van der Waals surface area contributed by atoms with E-state index in [4.69, 9.17) is 0 Å². The van der Waals surface area contributed by atoms with Crippen molar-refractivity contribution < 1.29 is 4.92 Å². The van der Waals surface area contributed by atoms with Crippen LogP contribution in [0.5, 0.6) is 0 Å². The molecule has 0 saturated carbocycles. The van der Waals surface area contributed by atoms with Gasteiger partial charge in [-0.1, -0.05) is 31.2 Å². The summed E-state index contributed by atoms with van der Waals surface area (Å²) in [4.78, 5) is 26.5. The van der Waals surface area contributed by atoms with Crippen LogP contribution in [0.2, 0.25) is 0 Å². The fourth-order valence-corrected chi connectivity index (χ4v) is 3.71. The molecule has 0 amide bonds. The molecule has 0 atom stereocenters. The van der Waals surface area contributed by atoms with Crippen molar-refractivity contribution in [3.63, 3.8) is 0 Å². The van der Waals surface area contributed by atoms with Crippen molar-refractivity contribution >= 4 is 35.4 Å². The largest absolute Gasteiger partial charge is 0.341 e. The molecule has 4 rings (SSSR count). The third-order valence-electron chi connectivity index (χ3n) is 6.00. The number of rotatable bonds is 7. The molecule has 2 aromatic carbocycles. The molecule has 10 nitrogen and oxygen atoms in total. The van der Waals surface area contributed by atoms with Gasteiger partial charge in [0.15, 0.2) is 0 Å². The first kappa shape index (κ1) is 23.1. The summed E-state index contributed by atoms with van der Waals surface area (Å²) in [5.41, 5.74) is 6.67. The van der Waals surface area contributed by atoms with Gasteiger partial charge >= 0.3 is 0 Å². The maximum atomic E-state index is 11.0. The van der Waals surface area contributed by atoms with Gasteiger partial charge in [-0.05, 0) is 49.8 Å². The summed E-state index contributed by atoms with van der Waals surface area (Å²) in [6.07, 6.45) is 3.66. The van der Waals surface area contributed by atoms with Gasteiger partial charge in [-0.2, -0.15) is 20.1 Å². The molecular weight excluding hydrogens is 432 g/mol. The number of nitrogens with zero attached hydrogens (tertiary/aromatic N) is 6. The molecule has 0 aliphatic carbocycles. The SMILES string of the molecule is Cc1cccc(Nc2nc(NN=Cc3cccc([N+](=O)[O-])c3)nc(N3CCC(C)CC3)n2)c1C. The molecule has 0 bridgehead atoms. The molecule has 1 fully saturated rings. The van der Waals surface area contributed by atoms with Gasteiger partial charge in [0.25, 0.3) is 5.69 Å². The van der Waals surface area contributed by atoms with Crippen molar-refractivity contribution in [3.8, 4) is 0 Å². The fraction of sp³-hybridized carbons (Fsp3) is 0.333. The molecular formula is C24H28N8O2.